The van der Waals surface area contributed by atoms with Crippen LogP contribution < -0.4 is 4.74 Å². The monoisotopic (exact) mass is 358 g/mol. The molecule has 0 spiro atoms. The summed E-state index contributed by atoms with van der Waals surface area (Å²) in [4.78, 5) is 0.0307. The summed E-state index contributed by atoms with van der Waals surface area (Å²) >= 11 is 15.9. The lowest BCUT2D eigenvalue weighted by Crippen LogP contribution is -1.97. The minimum absolute atomic E-state index is 0.0307. The predicted octanol–water partition coefficient (Wildman–Crippen LogP) is 5.79. The smallest absolute Gasteiger partial charge is 0.119 e. The van der Waals surface area contributed by atoms with Crippen molar-refractivity contribution in [3.8, 4) is 5.75 Å². The van der Waals surface area contributed by atoms with Crippen LogP contribution in [0.1, 0.15) is 21.5 Å². The van der Waals surface area contributed by atoms with Gasteiger partial charge in [0.15, 0.2) is 0 Å². The minimum Gasteiger partial charge on any atom is -0.497 e. The van der Waals surface area contributed by atoms with Crippen LogP contribution in [0.4, 0.5) is 0 Å². The number of alkyl halides is 1. The van der Waals surface area contributed by atoms with Gasteiger partial charge in [0.05, 0.1) is 11.9 Å². The molecule has 0 N–H and O–H groups in total. The molecule has 100 valence electrons. The highest BCUT2D eigenvalue weighted by Crippen LogP contribution is 2.38. The average Bonchev–Trinajstić information content (AvgIpc) is 2.37. The molecule has 2 aromatic carbocycles. The second kappa shape index (κ2) is 6.17. The Bertz CT molecular complexity index is 599. The molecule has 0 bridgehead atoms. The minimum atomic E-state index is 0.0307. The van der Waals surface area contributed by atoms with Crippen molar-refractivity contribution >= 4 is 39.1 Å². The van der Waals surface area contributed by atoms with E-state index in [1.165, 1.54) is 0 Å². The van der Waals surface area contributed by atoms with Gasteiger partial charge in [-0.1, -0.05) is 51.3 Å². The number of benzene rings is 2. The molecular formula is C15H13BrCl2O. The summed E-state index contributed by atoms with van der Waals surface area (Å²) in [6, 6.07) is 11.5. The van der Waals surface area contributed by atoms with Gasteiger partial charge in [-0.25, -0.2) is 0 Å². The molecular weight excluding hydrogens is 347 g/mol. The molecule has 0 heterocycles. The SMILES string of the molecule is COc1ccc(C(Br)c2ccc(Cl)cc2Cl)c(C)c1. The zero-order chi connectivity index (χ0) is 14.0. The third-order valence-corrected chi connectivity index (χ3v) is 4.53. The summed E-state index contributed by atoms with van der Waals surface area (Å²) in [6.45, 7) is 2.05. The van der Waals surface area contributed by atoms with Crippen molar-refractivity contribution in [1.82, 2.24) is 0 Å². The van der Waals surface area contributed by atoms with E-state index in [0.29, 0.717) is 10.0 Å². The maximum absolute atomic E-state index is 6.25. The highest BCUT2D eigenvalue weighted by atomic mass is 79.9. The van der Waals surface area contributed by atoms with Crippen LogP contribution in [-0.4, -0.2) is 7.11 Å². The zero-order valence-electron chi connectivity index (χ0n) is 10.6. The lowest BCUT2D eigenvalue weighted by molar-refractivity contribution is 0.414. The van der Waals surface area contributed by atoms with Crippen molar-refractivity contribution < 1.29 is 4.74 Å². The van der Waals surface area contributed by atoms with Crippen molar-refractivity contribution in [3.63, 3.8) is 0 Å². The van der Waals surface area contributed by atoms with Crippen LogP contribution in [-0.2, 0) is 0 Å². The van der Waals surface area contributed by atoms with E-state index < -0.39 is 0 Å². The Balaban J connectivity index is 2.41. The number of rotatable bonds is 3. The summed E-state index contributed by atoms with van der Waals surface area (Å²) in [5.74, 6) is 0.850. The maximum atomic E-state index is 6.25. The van der Waals surface area contributed by atoms with E-state index in [1.807, 2.05) is 30.3 Å². The third kappa shape index (κ3) is 3.25. The van der Waals surface area contributed by atoms with Crippen LogP contribution in [0.5, 0.6) is 5.75 Å². The largest absolute Gasteiger partial charge is 0.497 e. The molecule has 1 unspecified atom stereocenters. The molecule has 2 aromatic rings. The number of hydrogen-bond acceptors (Lipinski definition) is 1. The number of ether oxygens (including phenoxy) is 1. The van der Waals surface area contributed by atoms with E-state index in [2.05, 4.69) is 22.9 Å². The Kier molecular flexibility index (Phi) is 4.77. The molecule has 1 nitrogen and oxygen atoms in total. The first-order valence-corrected chi connectivity index (χ1v) is 7.43. The standard InChI is InChI=1S/C15H13BrCl2O/c1-9-7-11(19-2)4-6-12(9)15(16)13-5-3-10(17)8-14(13)18/h3-8,15H,1-2H3. The molecule has 0 fully saturated rings. The van der Waals surface area contributed by atoms with E-state index in [4.69, 9.17) is 27.9 Å². The van der Waals surface area contributed by atoms with Crippen LogP contribution in [0, 0.1) is 6.92 Å². The normalized spacial score (nSPS) is 12.3. The Morgan fingerprint density at radius 3 is 2.32 bits per heavy atom. The highest BCUT2D eigenvalue weighted by molar-refractivity contribution is 9.09. The van der Waals surface area contributed by atoms with Gasteiger partial charge in [-0.15, -0.1) is 0 Å². The Morgan fingerprint density at radius 2 is 1.74 bits per heavy atom. The van der Waals surface area contributed by atoms with Gasteiger partial charge in [0.25, 0.3) is 0 Å². The summed E-state index contributed by atoms with van der Waals surface area (Å²) in [7, 11) is 1.66. The van der Waals surface area contributed by atoms with Crippen molar-refractivity contribution in [3.05, 3.63) is 63.1 Å². The quantitative estimate of drug-likeness (QED) is 0.629. The van der Waals surface area contributed by atoms with Crippen LogP contribution in [0.15, 0.2) is 36.4 Å². The van der Waals surface area contributed by atoms with Gasteiger partial charge < -0.3 is 4.74 Å². The highest BCUT2D eigenvalue weighted by Gasteiger charge is 2.16. The van der Waals surface area contributed by atoms with E-state index >= 15 is 0 Å². The Labute approximate surface area is 131 Å². The molecule has 0 aliphatic carbocycles. The van der Waals surface area contributed by atoms with E-state index in [9.17, 15) is 0 Å². The van der Waals surface area contributed by atoms with Gasteiger partial charge in [-0.3, -0.25) is 0 Å². The summed E-state index contributed by atoms with van der Waals surface area (Å²) < 4.78 is 5.22. The van der Waals surface area contributed by atoms with Gasteiger partial charge in [0.1, 0.15) is 5.75 Å². The van der Waals surface area contributed by atoms with Crippen molar-refractivity contribution in [2.45, 2.75) is 11.8 Å². The molecule has 2 rings (SSSR count). The van der Waals surface area contributed by atoms with E-state index in [1.54, 1.807) is 13.2 Å². The fraction of sp³-hybridized carbons (Fsp3) is 0.200. The fourth-order valence-electron chi connectivity index (χ4n) is 1.93. The van der Waals surface area contributed by atoms with Gasteiger partial charge in [0, 0.05) is 10.0 Å². The summed E-state index contributed by atoms with van der Waals surface area (Å²) in [5.41, 5.74) is 3.30. The van der Waals surface area contributed by atoms with Crippen LogP contribution >= 0.6 is 39.1 Å². The molecule has 0 aliphatic rings. The second-order valence-electron chi connectivity index (χ2n) is 4.25. The summed E-state index contributed by atoms with van der Waals surface area (Å²) in [6.07, 6.45) is 0. The van der Waals surface area contributed by atoms with Gasteiger partial charge in [-0.2, -0.15) is 0 Å². The van der Waals surface area contributed by atoms with Crippen LogP contribution in [0.2, 0.25) is 10.0 Å². The molecule has 4 heteroatoms. The van der Waals surface area contributed by atoms with Gasteiger partial charge in [-0.05, 0) is 47.9 Å². The summed E-state index contributed by atoms with van der Waals surface area (Å²) in [5, 5.41) is 1.30. The first-order valence-electron chi connectivity index (χ1n) is 5.76. The Morgan fingerprint density at radius 1 is 1.05 bits per heavy atom. The first-order chi connectivity index (χ1) is 9.02. The van der Waals surface area contributed by atoms with Crippen molar-refractivity contribution in [2.24, 2.45) is 0 Å². The van der Waals surface area contributed by atoms with Gasteiger partial charge in [0.2, 0.25) is 0 Å². The second-order valence-corrected chi connectivity index (χ2v) is 6.01. The van der Waals surface area contributed by atoms with Crippen LogP contribution in [0.3, 0.4) is 0 Å². The lowest BCUT2D eigenvalue weighted by Gasteiger charge is -2.16. The number of halogens is 3. The molecule has 0 saturated carbocycles. The number of methoxy groups -OCH3 is 1. The molecule has 19 heavy (non-hydrogen) atoms. The van der Waals surface area contributed by atoms with E-state index in [0.717, 1.165) is 22.4 Å². The average molecular weight is 360 g/mol. The molecule has 0 radical (unpaired) electrons. The zero-order valence-corrected chi connectivity index (χ0v) is 13.7. The molecule has 0 aliphatic heterocycles. The van der Waals surface area contributed by atoms with Crippen molar-refractivity contribution in [1.29, 1.82) is 0 Å². The van der Waals surface area contributed by atoms with Gasteiger partial charge >= 0.3 is 0 Å². The lowest BCUT2D eigenvalue weighted by atomic mass is 10.00. The van der Waals surface area contributed by atoms with Crippen molar-refractivity contribution in [2.75, 3.05) is 7.11 Å². The first kappa shape index (κ1) is 14.7. The fourth-order valence-corrected chi connectivity index (χ4v) is 3.50. The number of aryl methyl sites for hydroxylation is 1. The predicted molar refractivity (Wildman–Crippen MR) is 85.0 cm³/mol. The van der Waals surface area contributed by atoms with Crippen LogP contribution in [0.25, 0.3) is 0 Å². The maximum Gasteiger partial charge on any atom is 0.119 e. The number of hydrogen-bond donors (Lipinski definition) is 0. The Hall–Kier alpha value is -0.700. The molecule has 1 atom stereocenters. The molecule has 0 aromatic heterocycles. The molecule has 0 amide bonds. The molecule has 0 saturated heterocycles. The topological polar surface area (TPSA) is 9.23 Å². The van der Waals surface area contributed by atoms with E-state index in [-0.39, 0.29) is 4.83 Å². The third-order valence-electron chi connectivity index (χ3n) is 2.99.